The molecule has 0 saturated heterocycles. The quantitative estimate of drug-likeness (QED) is 0.310. The molecule has 1 rings (SSSR count). The van der Waals surface area contributed by atoms with Gasteiger partial charge in [0, 0.05) is 0 Å². The van der Waals surface area contributed by atoms with Crippen molar-refractivity contribution in [3.05, 3.63) is 78.4 Å². The third-order valence-corrected chi connectivity index (χ3v) is 3.54. The smallest absolute Gasteiger partial charge is 0.0260 e. The minimum atomic E-state index is 0. The largest absolute Gasteiger partial charge is 0.0991 e. The lowest BCUT2D eigenvalue weighted by molar-refractivity contribution is 0.633. The van der Waals surface area contributed by atoms with Gasteiger partial charge in [-0.05, 0) is 32.3 Å². The van der Waals surface area contributed by atoms with Gasteiger partial charge in [0.05, 0.1) is 0 Å². The maximum absolute atomic E-state index is 3.67. The molecule has 0 aliphatic heterocycles. The molecule has 25 heavy (non-hydrogen) atoms. The van der Waals surface area contributed by atoms with E-state index in [0.717, 1.165) is 0 Å². The summed E-state index contributed by atoms with van der Waals surface area (Å²) in [5.41, 5.74) is 2.70. The van der Waals surface area contributed by atoms with Gasteiger partial charge in [-0.3, -0.25) is 0 Å². The van der Waals surface area contributed by atoms with Crippen LogP contribution in [-0.4, -0.2) is 0 Å². The summed E-state index contributed by atoms with van der Waals surface area (Å²) in [5, 5.41) is 0. The van der Waals surface area contributed by atoms with Gasteiger partial charge in [0.2, 0.25) is 0 Å². The fourth-order valence-corrected chi connectivity index (χ4v) is 2.20. The van der Waals surface area contributed by atoms with Crippen LogP contribution < -0.4 is 0 Å². The Balaban J connectivity index is -0.000000384. The highest BCUT2D eigenvalue weighted by atomic mass is 14.0. The third-order valence-electron chi connectivity index (χ3n) is 3.54. The molecular formula is C25H42. The van der Waals surface area contributed by atoms with Crippen molar-refractivity contribution in [3.63, 3.8) is 0 Å². The Morgan fingerprint density at radius 3 is 2.12 bits per heavy atom. The zero-order valence-electron chi connectivity index (χ0n) is 15.3. The van der Waals surface area contributed by atoms with Crippen LogP contribution in [0.4, 0.5) is 0 Å². The van der Waals surface area contributed by atoms with Gasteiger partial charge >= 0.3 is 0 Å². The molecular weight excluding hydrogens is 300 g/mol. The number of allylic oxidation sites excluding steroid dienone is 6. The predicted octanol–water partition coefficient (Wildman–Crippen LogP) is 9.03. The first kappa shape index (κ1) is 28.0. The van der Waals surface area contributed by atoms with Crippen molar-refractivity contribution in [2.24, 2.45) is 0 Å². The van der Waals surface area contributed by atoms with Crippen LogP contribution in [0, 0.1) is 0 Å². The van der Waals surface area contributed by atoms with E-state index in [2.05, 4.69) is 50.8 Å². The summed E-state index contributed by atoms with van der Waals surface area (Å²) < 4.78 is 0. The first-order valence-corrected chi connectivity index (χ1v) is 8.90. The van der Waals surface area contributed by atoms with E-state index in [1.165, 1.54) is 49.7 Å². The maximum atomic E-state index is 3.67. The van der Waals surface area contributed by atoms with Crippen LogP contribution in [-0.2, 0) is 0 Å². The molecule has 0 unspecified atom stereocenters. The third kappa shape index (κ3) is 18.4. The zero-order valence-corrected chi connectivity index (χ0v) is 15.3. The van der Waals surface area contributed by atoms with Crippen molar-refractivity contribution in [2.45, 2.75) is 74.1 Å². The van der Waals surface area contributed by atoms with E-state index in [0.29, 0.717) is 0 Å². The van der Waals surface area contributed by atoms with E-state index in [-0.39, 0.29) is 14.9 Å². The molecule has 0 atom stereocenters. The van der Waals surface area contributed by atoms with Gasteiger partial charge in [0.25, 0.3) is 0 Å². The van der Waals surface area contributed by atoms with Crippen LogP contribution in [0.2, 0.25) is 0 Å². The molecule has 0 nitrogen and oxygen atoms in total. The normalized spacial score (nSPS) is 10.6. The second-order valence-corrected chi connectivity index (χ2v) is 5.53. The number of hydrogen-bond acceptors (Lipinski definition) is 0. The fraction of sp³-hybridized carbons (Fsp3) is 0.440. The monoisotopic (exact) mass is 342 g/mol. The van der Waals surface area contributed by atoms with Gasteiger partial charge in [-0.15, -0.1) is 0 Å². The molecule has 0 bridgehead atoms. The Kier molecular flexibility index (Phi) is 24.8. The van der Waals surface area contributed by atoms with E-state index >= 15 is 0 Å². The second kappa shape index (κ2) is 22.2. The average Bonchev–Trinajstić information content (AvgIpc) is 2.59. The second-order valence-electron chi connectivity index (χ2n) is 5.53. The number of hydrogen-bond donors (Lipinski definition) is 0. The summed E-state index contributed by atoms with van der Waals surface area (Å²) in [6.45, 7) is 10.1. The minimum absolute atomic E-state index is 0. The van der Waals surface area contributed by atoms with Crippen molar-refractivity contribution in [3.8, 4) is 0 Å². The van der Waals surface area contributed by atoms with Crippen LogP contribution in [0.3, 0.4) is 0 Å². The number of rotatable bonds is 9. The standard InChI is InChI=1S/C14H24.C9H10.2CH4/c1-4-7-9-10-11-13-14(6-3)12-8-5-2;1-2-6-9-7-4-3-5-8-9;;/h5-6,8,12H,2,4,7,9-11,13H2,1,3H3;2-8H,1H3;2*1H4/b12-8-,14-6+;6-2+;;. The van der Waals surface area contributed by atoms with E-state index in [4.69, 9.17) is 0 Å². The van der Waals surface area contributed by atoms with Crippen LogP contribution in [0.1, 0.15) is 79.7 Å². The molecule has 0 heterocycles. The maximum Gasteiger partial charge on any atom is -0.0260 e. The van der Waals surface area contributed by atoms with Crippen molar-refractivity contribution in [1.29, 1.82) is 0 Å². The van der Waals surface area contributed by atoms with Crippen molar-refractivity contribution < 1.29 is 0 Å². The molecule has 0 amide bonds. The SMILES string of the molecule is C.C.C/C=C/c1ccccc1.C=C/C=C\C(=C/C)CCCCCCC. The number of unbranched alkanes of at least 4 members (excludes halogenated alkanes) is 4. The Bertz CT molecular complexity index is 460. The lowest BCUT2D eigenvalue weighted by atomic mass is 10.1. The first-order valence-electron chi connectivity index (χ1n) is 8.90. The van der Waals surface area contributed by atoms with Gasteiger partial charge < -0.3 is 0 Å². The lowest BCUT2D eigenvalue weighted by Gasteiger charge is -2.01. The summed E-state index contributed by atoms with van der Waals surface area (Å²) in [4.78, 5) is 0. The van der Waals surface area contributed by atoms with Gasteiger partial charge in [-0.25, -0.2) is 0 Å². The number of benzene rings is 1. The molecule has 1 aromatic carbocycles. The molecule has 142 valence electrons. The highest BCUT2D eigenvalue weighted by Crippen LogP contribution is 2.12. The van der Waals surface area contributed by atoms with E-state index in [9.17, 15) is 0 Å². The highest BCUT2D eigenvalue weighted by Gasteiger charge is 1.92. The van der Waals surface area contributed by atoms with Crippen LogP contribution in [0.25, 0.3) is 6.08 Å². The molecule has 0 radical (unpaired) electrons. The average molecular weight is 343 g/mol. The van der Waals surface area contributed by atoms with Crippen molar-refractivity contribution in [2.75, 3.05) is 0 Å². The highest BCUT2D eigenvalue weighted by molar-refractivity contribution is 5.47. The van der Waals surface area contributed by atoms with E-state index in [1.54, 1.807) is 0 Å². The lowest BCUT2D eigenvalue weighted by Crippen LogP contribution is -1.81. The Hall–Kier alpha value is -1.82. The van der Waals surface area contributed by atoms with E-state index in [1.807, 2.05) is 43.4 Å². The van der Waals surface area contributed by atoms with Crippen LogP contribution in [0.15, 0.2) is 72.9 Å². The van der Waals surface area contributed by atoms with Gasteiger partial charge in [0.15, 0.2) is 0 Å². The summed E-state index contributed by atoms with van der Waals surface area (Å²) in [5.74, 6) is 0. The topological polar surface area (TPSA) is 0 Å². The first-order chi connectivity index (χ1) is 11.3. The predicted molar refractivity (Wildman–Crippen MR) is 121 cm³/mol. The molecule has 0 N–H and O–H groups in total. The van der Waals surface area contributed by atoms with Crippen LogP contribution in [0.5, 0.6) is 0 Å². The molecule has 0 aliphatic rings. The fourth-order valence-electron chi connectivity index (χ4n) is 2.20. The van der Waals surface area contributed by atoms with Gasteiger partial charge in [0.1, 0.15) is 0 Å². The molecule has 0 fully saturated rings. The van der Waals surface area contributed by atoms with Crippen molar-refractivity contribution >= 4 is 6.08 Å². The minimum Gasteiger partial charge on any atom is -0.0991 e. The Morgan fingerprint density at radius 2 is 1.60 bits per heavy atom. The van der Waals surface area contributed by atoms with Gasteiger partial charge in [-0.2, -0.15) is 0 Å². The Labute approximate surface area is 159 Å². The summed E-state index contributed by atoms with van der Waals surface area (Å²) >= 11 is 0. The van der Waals surface area contributed by atoms with Crippen LogP contribution >= 0.6 is 0 Å². The van der Waals surface area contributed by atoms with Crippen molar-refractivity contribution in [1.82, 2.24) is 0 Å². The summed E-state index contributed by atoms with van der Waals surface area (Å²) in [6.07, 6.45) is 20.3. The molecule has 0 spiro atoms. The molecule has 0 aromatic heterocycles. The summed E-state index contributed by atoms with van der Waals surface area (Å²) in [7, 11) is 0. The molecule has 0 heteroatoms. The molecule has 1 aromatic rings. The van der Waals surface area contributed by atoms with E-state index < -0.39 is 0 Å². The molecule has 0 aliphatic carbocycles. The summed E-state index contributed by atoms with van der Waals surface area (Å²) in [6, 6.07) is 10.3. The molecule has 0 saturated carbocycles. The Morgan fingerprint density at radius 1 is 0.960 bits per heavy atom. The van der Waals surface area contributed by atoms with Gasteiger partial charge in [-0.1, -0.05) is 126 Å². The zero-order chi connectivity index (χ0) is 17.2.